The summed E-state index contributed by atoms with van der Waals surface area (Å²) >= 11 is 0. The molecule has 122 valence electrons. The van der Waals surface area contributed by atoms with Crippen molar-refractivity contribution >= 4 is 0 Å². The third kappa shape index (κ3) is 3.01. The molecule has 3 heteroatoms. The monoisotopic (exact) mass is 318 g/mol. The second kappa shape index (κ2) is 6.63. The number of rotatable bonds is 5. The van der Waals surface area contributed by atoms with Gasteiger partial charge < -0.3 is 15.0 Å². The highest BCUT2D eigenvalue weighted by molar-refractivity contribution is 5.36. The highest BCUT2D eigenvalue weighted by Gasteiger charge is 2.30. The number of nitrogens with zero attached hydrogens (tertiary/aromatic N) is 1. The predicted molar refractivity (Wildman–Crippen MR) is 95.7 cm³/mol. The van der Waals surface area contributed by atoms with Crippen molar-refractivity contribution in [3.63, 3.8) is 0 Å². The van der Waals surface area contributed by atoms with E-state index in [4.69, 9.17) is 0 Å². The maximum absolute atomic E-state index is 10.4. The zero-order chi connectivity index (χ0) is 16.4. The Balaban J connectivity index is 1.47. The lowest BCUT2D eigenvalue weighted by atomic mass is 10.1. The van der Waals surface area contributed by atoms with Crippen LogP contribution in [-0.4, -0.2) is 15.8 Å². The molecule has 0 saturated carbocycles. The molecular formula is C21H22N2O. The first-order valence-corrected chi connectivity index (χ1v) is 8.48. The van der Waals surface area contributed by atoms with Crippen LogP contribution in [-0.2, 0) is 19.5 Å². The molecule has 2 N–H and O–H groups in total. The van der Waals surface area contributed by atoms with E-state index in [0.29, 0.717) is 0 Å². The first-order chi connectivity index (χ1) is 11.8. The smallest absolute Gasteiger partial charge is 0.0775 e. The van der Waals surface area contributed by atoms with E-state index in [1.807, 2.05) is 18.2 Å². The van der Waals surface area contributed by atoms with Crippen LogP contribution in [0.5, 0.6) is 0 Å². The van der Waals surface area contributed by atoms with Gasteiger partial charge in [-0.2, -0.15) is 0 Å². The van der Waals surface area contributed by atoms with E-state index < -0.39 is 0 Å². The van der Waals surface area contributed by atoms with Crippen molar-refractivity contribution in [2.45, 2.75) is 31.7 Å². The molecule has 1 aliphatic rings. The van der Waals surface area contributed by atoms with Crippen molar-refractivity contribution in [2.24, 2.45) is 0 Å². The minimum Gasteiger partial charge on any atom is -0.391 e. The molecule has 0 bridgehead atoms. The molecule has 0 unspecified atom stereocenters. The molecule has 3 nitrogen and oxygen atoms in total. The molecule has 1 aromatic heterocycles. The third-order valence-electron chi connectivity index (χ3n) is 4.83. The Kier molecular flexibility index (Phi) is 4.20. The number of aliphatic hydroxyl groups excluding tert-OH is 1. The molecule has 0 aliphatic heterocycles. The van der Waals surface area contributed by atoms with Gasteiger partial charge in [0.25, 0.3) is 0 Å². The second-order valence-corrected chi connectivity index (χ2v) is 6.44. The summed E-state index contributed by atoms with van der Waals surface area (Å²) in [5, 5.41) is 13.9. The topological polar surface area (TPSA) is 37.2 Å². The maximum atomic E-state index is 10.4. The molecule has 0 spiro atoms. The molecule has 4 rings (SSSR count). The van der Waals surface area contributed by atoms with Gasteiger partial charge in [-0.3, -0.25) is 0 Å². The van der Waals surface area contributed by atoms with Crippen LogP contribution in [0.25, 0.3) is 0 Å². The van der Waals surface area contributed by atoms with Gasteiger partial charge in [0, 0.05) is 31.4 Å². The molecule has 0 saturated heterocycles. The quantitative estimate of drug-likeness (QED) is 0.757. The standard InChI is InChI=1S/C21H22N2O/c24-20-13-17-9-4-5-11-19(17)21(20)22-14-18-10-6-12-23(18)15-16-7-2-1-3-8-16/h1-12,20-22,24H,13-15H2/t20-,21+/m0/s1. The van der Waals surface area contributed by atoms with E-state index in [9.17, 15) is 5.11 Å². The summed E-state index contributed by atoms with van der Waals surface area (Å²) in [6.07, 6.45) is 2.50. The van der Waals surface area contributed by atoms with E-state index in [1.165, 1.54) is 22.4 Å². The Hall–Kier alpha value is -2.36. The van der Waals surface area contributed by atoms with E-state index in [2.05, 4.69) is 64.6 Å². The Bertz CT molecular complexity index is 809. The Morgan fingerprint density at radius 1 is 0.958 bits per heavy atom. The number of hydrogen-bond donors (Lipinski definition) is 2. The van der Waals surface area contributed by atoms with Crippen molar-refractivity contribution < 1.29 is 5.11 Å². The maximum Gasteiger partial charge on any atom is 0.0775 e. The fraction of sp³-hybridized carbons (Fsp3) is 0.238. The van der Waals surface area contributed by atoms with Crippen LogP contribution in [0.2, 0.25) is 0 Å². The Morgan fingerprint density at radius 3 is 2.62 bits per heavy atom. The summed E-state index contributed by atoms with van der Waals surface area (Å²) in [4.78, 5) is 0. The summed E-state index contributed by atoms with van der Waals surface area (Å²) in [7, 11) is 0. The van der Waals surface area contributed by atoms with E-state index in [-0.39, 0.29) is 12.1 Å². The van der Waals surface area contributed by atoms with Gasteiger partial charge in [0.05, 0.1) is 12.1 Å². The SMILES string of the molecule is O[C@H]1Cc2ccccc2[C@H]1NCc1cccn1Cc1ccccc1. The predicted octanol–water partition coefficient (Wildman–Crippen LogP) is 3.28. The lowest BCUT2D eigenvalue weighted by Crippen LogP contribution is -2.29. The van der Waals surface area contributed by atoms with Gasteiger partial charge in [-0.05, 0) is 28.8 Å². The van der Waals surface area contributed by atoms with Gasteiger partial charge in [0.1, 0.15) is 0 Å². The normalized spacial score (nSPS) is 19.4. The largest absolute Gasteiger partial charge is 0.391 e. The molecule has 2 atom stereocenters. The second-order valence-electron chi connectivity index (χ2n) is 6.44. The summed E-state index contributed by atoms with van der Waals surface area (Å²) in [5.41, 5.74) is 5.00. The van der Waals surface area contributed by atoms with Crippen molar-refractivity contribution in [1.82, 2.24) is 9.88 Å². The molecule has 2 aromatic carbocycles. The molecular weight excluding hydrogens is 296 g/mol. The average molecular weight is 318 g/mol. The highest BCUT2D eigenvalue weighted by atomic mass is 16.3. The zero-order valence-corrected chi connectivity index (χ0v) is 13.6. The molecule has 0 radical (unpaired) electrons. The number of benzene rings is 2. The fourth-order valence-corrected chi connectivity index (χ4v) is 3.58. The third-order valence-corrected chi connectivity index (χ3v) is 4.83. The summed E-state index contributed by atoms with van der Waals surface area (Å²) in [6, 6.07) is 23.0. The lowest BCUT2D eigenvalue weighted by molar-refractivity contribution is 0.140. The van der Waals surface area contributed by atoms with Crippen molar-refractivity contribution in [3.8, 4) is 0 Å². The van der Waals surface area contributed by atoms with Crippen LogP contribution >= 0.6 is 0 Å². The van der Waals surface area contributed by atoms with Crippen LogP contribution in [0.4, 0.5) is 0 Å². The molecule has 0 amide bonds. The van der Waals surface area contributed by atoms with Gasteiger partial charge >= 0.3 is 0 Å². The summed E-state index contributed by atoms with van der Waals surface area (Å²) < 4.78 is 2.26. The van der Waals surface area contributed by atoms with E-state index >= 15 is 0 Å². The number of nitrogens with one attached hydrogen (secondary N) is 1. The summed E-state index contributed by atoms with van der Waals surface area (Å²) in [5.74, 6) is 0. The van der Waals surface area contributed by atoms with Gasteiger partial charge in [-0.15, -0.1) is 0 Å². The van der Waals surface area contributed by atoms with Crippen molar-refractivity contribution in [3.05, 3.63) is 95.3 Å². The van der Waals surface area contributed by atoms with Gasteiger partial charge in [-0.25, -0.2) is 0 Å². The zero-order valence-electron chi connectivity index (χ0n) is 13.6. The van der Waals surface area contributed by atoms with Gasteiger partial charge in [0.2, 0.25) is 0 Å². The summed E-state index contributed by atoms with van der Waals surface area (Å²) in [6.45, 7) is 1.62. The minimum absolute atomic E-state index is 0.0151. The van der Waals surface area contributed by atoms with Crippen LogP contribution in [0.3, 0.4) is 0 Å². The molecule has 1 heterocycles. The highest BCUT2D eigenvalue weighted by Crippen LogP contribution is 2.31. The molecule has 24 heavy (non-hydrogen) atoms. The van der Waals surface area contributed by atoms with Gasteiger partial charge in [-0.1, -0.05) is 54.6 Å². The minimum atomic E-state index is -0.347. The van der Waals surface area contributed by atoms with Crippen molar-refractivity contribution in [1.29, 1.82) is 0 Å². The first-order valence-electron chi connectivity index (χ1n) is 8.48. The van der Waals surface area contributed by atoms with Crippen LogP contribution in [0.15, 0.2) is 72.9 Å². The number of aromatic nitrogens is 1. The number of hydrogen-bond acceptors (Lipinski definition) is 2. The molecule has 0 fully saturated rings. The first kappa shape index (κ1) is 15.2. The van der Waals surface area contributed by atoms with E-state index in [1.54, 1.807) is 0 Å². The van der Waals surface area contributed by atoms with Crippen molar-refractivity contribution in [2.75, 3.05) is 0 Å². The Morgan fingerprint density at radius 2 is 1.75 bits per heavy atom. The number of aliphatic hydroxyl groups is 1. The molecule has 3 aromatic rings. The van der Waals surface area contributed by atoms with Gasteiger partial charge in [0.15, 0.2) is 0 Å². The lowest BCUT2D eigenvalue weighted by Gasteiger charge is -2.19. The fourth-order valence-electron chi connectivity index (χ4n) is 3.58. The van der Waals surface area contributed by atoms with Crippen LogP contribution in [0.1, 0.15) is 28.4 Å². The average Bonchev–Trinajstić information content (AvgIpc) is 3.17. The number of fused-ring (bicyclic) bond motifs is 1. The Labute approximate surface area is 142 Å². The van der Waals surface area contributed by atoms with E-state index in [0.717, 1.165) is 19.5 Å². The van der Waals surface area contributed by atoms with Crippen LogP contribution < -0.4 is 5.32 Å². The molecule has 1 aliphatic carbocycles. The van der Waals surface area contributed by atoms with Crippen LogP contribution in [0, 0.1) is 0 Å².